The summed E-state index contributed by atoms with van der Waals surface area (Å²) in [5, 5.41) is 0. The van der Waals surface area contributed by atoms with E-state index in [1.807, 2.05) is 42.6 Å². The maximum Gasteiger partial charge on any atom is 0.257 e. The van der Waals surface area contributed by atoms with E-state index in [0.717, 1.165) is 36.6 Å². The maximum absolute atomic E-state index is 13.0. The molecule has 4 rings (SSSR count). The molecule has 1 fully saturated rings. The van der Waals surface area contributed by atoms with Crippen LogP contribution in [0.15, 0.2) is 31.0 Å². The highest BCUT2D eigenvalue weighted by Crippen LogP contribution is 2.28. The Labute approximate surface area is 163 Å². The molecule has 0 aromatic carbocycles. The van der Waals surface area contributed by atoms with Crippen LogP contribution in [-0.4, -0.2) is 53.4 Å². The van der Waals surface area contributed by atoms with Gasteiger partial charge in [0, 0.05) is 50.3 Å². The average molecular weight is 377 g/mol. The minimum Gasteiger partial charge on any atom is -0.338 e. The molecule has 8 nitrogen and oxygen atoms in total. The van der Waals surface area contributed by atoms with Crippen LogP contribution in [0.5, 0.6) is 0 Å². The summed E-state index contributed by atoms with van der Waals surface area (Å²) in [6.07, 6.45) is 8.65. The third-order valence-electron chi connectivity index (χ3n) is 5.18. The standard InChI is InChI=1S/C20H23N7O/c1-13-16(10-21-12-23-13)20(28)27-7-4-5-15(11-27)17-9-18(25-14(2)24-17)19-22-6-8-26(19)3/h6,8-10,12,15H,4-5,7,11H2,1-3H3. The summed E-state index contributed by atoms with van der Waals surface area (Å²) in [5.41, 5.74) is 3.04. The van der Waals surface area contributed by atoms with E-state index in [2.05, 4.69) is 24.9 Å². The van der Waals surface area contributed by atoms with E-state index < -0.39 is 0 Å². The number of imidazole rings is 1. The number of piperidine rings is 1. The number of nitrogens with zero attached hydrogens (tertiary/aromatic N) is 7. The first-order valence-corrected chi connectivity index (χ1v) is 9.42. The second-order valence-corrected chi connectivity index (χ2v) is 7.20. The van der Waals surface area contributed by atoms with Crippen molar-refractivity contribution in [2.24, 2.45) is 7.05 Å². The Morgan fingerprint density at radius 2 is 2.07 bits per heavy atom. The van der Waals surface area contributed by atoms with Crippen LogP contribution in [0.2, 0.25) is 0 Å². The summed E-state index contributed by atoms with van der Waals surface area (Å²) in [5.74, 6) is 1.68. The van der Waals surface area contributed by atoms with Gasteiger partial charge in [-0.05, 0) is 32.8 Å². The number of rotatable bonds is 3. The second kappa shape index (κ2) is 7.46. The molecule has 1 aliphatic heterocycles. The van der Waals surface area contributed by atoms with Crippen LogP contribution in [0.4, 0.5) is 0 Å². The van der Waals surface area contributed by atoms with Crippen molar-refractivity contribution in [2.75, 3.05) is 13.1 Å². The van der Waals surface area contributed by atoms with Crippen LogP contribution in [0, 0.1) is 13.8 Å². The molecule has 28 heavy (non-hydrogen) atoms. The summed E-state index contributed by atoms with van der Waals surface area (Å²) in [7, 11) is 1.95. The molecule has 0 saturated carbocycles. The van der Waals surface area contributed by atoms with Crippen molar-refractivity contribution in [2.45, 2.75) is 32.6 Å². The predicted molar refractivity (Wildman–Crippen MR) is 104 cm³/mol. The Balaban J connectivity index is 1.60. The number of aromatic nitrogens is 6. The van der Waals surface area contributed by atoms with Gasteiger partial charge in [-0.3, -0.25) is 4.79 Å². The fourth-order valence-corrected chi connectivity index (χ4v) is 3.70. The lowest BCUT2D eigenvalue weighted by Crippen LogP contribution is -2.39. The molecule has 144 valence electrons. The SMILES string of the molecule is Cc1nc(-c2nccn2C)cc(C2CCCN(C(=O)c3cncnc3C)C2)n1. The van der Waals surface area contributed by atoms with Crippen LogP contribution in [0.1, 0.15) is 46.3 Å². The molecule has 0 bridgehead atoms. The van der Waals surface area contributed by atoms with Crippen molar-refractivity contribution >= 4 is 5.91 Å². The first-order valence-electron chi connectivity index (χ1n) is 9.42. The predicted octanol–water partition coefficient (Wildman–Crippen LogP) is 2.30. The van der Waals surface area contributed by atoms with E-state index in [1.54, 1.807) is 12.4 Å². The Kier molecular flexibility index (Phi) is 4.85. The largest absolute Gasteiger partial charge is 0.338 e. The van der Waals surface area contributed by atoms with Gasteiger partial charge in [-0.2, -0.15) is 0 Å². The van der Waals surface area contributed by atoms with Gasteiger partial charge in [0.05, 0.1) is 11.3 Å². The van der Waals surface area contributed by atoms with Crippen molar-refractivity contribution in [3.63, 3.8) is 0 Å². The van der Waals surface area contributed by atoms with Crippen LogP contribution < -0.4 is 0 Å². The van der Waals surface area contributed by atoms with Crippen molar-refractivity contribution in [1.82, 2.24) is 34.4 Å². The number of likely N-dealkylation sites (tertiary alicyclic amines) is 1. The summed E-state index contributed by atoms with van der Waals surface area (Å²) in [6, 6.07) is 2.00. The Morgan fingerprint density at radius 3 is 2.82 bits per heavy atom. The molecule has 1 aliphatic rings. The molecule has 0 spiro atoms. The van der Waals surface area contributed by atoms with Gasteiger partial charge in [-0.15, -0.1) is 0 Å². The van der Waals surface area contributed by atoms with E-state index in [9.17, 15) is 4.79 Å². The zero-order valence-electron chi connectivity index (χ0n) is 16.3. The molecule has 3 aromatic rings. The molecule has 8 heteroatoms. The Bertz CT molecular complexity index is 1010. The average Bonchev–Trinajstić information content (AvgIpc) is 3.13. The minimum absolute atomic E-state index is 0.0158. The maximum atomic E-state index is 13.0. The number of aryl methyl sites for hydroxylation is 3. The van der Waals surface area contributed by atoms with E-state index in [-0.39, 0.29) is 11.8 Å². The molecule has 1 amide bonds. The zero-order chi connectivity index (χ0) is 19.7. The molecule has 3 aromatic heterocycles. The van der Waals surface area contributed by atoms with Crippen molar-refractivity contribution in [3.05, 3.63) is 53.8 Å². The summed E-state index contributed by atoms with van der Waals surface area (Å²) in [6.45, 7) is 5.10. The molecule has 1 saturated heterocycles. The zero-order valence-corrected chi connectivity index (χ0v) is 16.3. The van der Waals surface area contributed by atoms with Crippen molar-refractivity contribution in [1.29, 1.82) is 0 Å². The molecule has 1 atom stereocenters. The topological polar surface area (TPSA) is 89.7 Å². The van der Waals surface area contributed by atoms with E-state index in [4.69, 9.17) is 0 Å². The van der Waals surface area contributed by atoms with Gasteiger partial charge >= 0.3 is 0 Å². The normalized spacial score (nSPS) is 17.0. The third-order valence-corrected chi connectivity index (χ3v) is 5.18. The van der Waals surface area contributed by atoms with Crippen molar-refractivity contribution in [3.8, 4) is 11.5 Å². The molecular formula is C20H23N7O. The summed E-state index contributed by atoms with van der Waals surface area (Å²) >= 11 is 0. The lowest BCUT2D eigenvalue weighted by Gasteiger charge is -2.32. The third kappa shape index (κ3) is 3.49. The number of carbonyl (C=O) groups is 1. The fourth-order valence-electron chi connectivity index (χ4n) is 3.70. The lowest BCUT2D eigenvalue weighted by molar-refractivity contribution is 0.0704. The first kappa shape index (κ1) is 18.2. The number of amides is 1. The van der Waals surface area contributed by atoms with E-state index >= 15 is 0 Å². The van der Waals surface area contributed by atoms with Gasteiger partial charge in [0.15, 0.2) is 5.82 Å². The number of hydrogen-bond donors (Lipinski definition) is 0. The molecule has 1 unspecified atom stereocenters. The molecule has 0 radical (unpaired) electrons. The van der Waals surface area contributed by atoms with Gasteiger partial charge in [-0.25, -0.2) is 24.9 Å². The van der Waals surface area contributed by atoms with Gasteiger partial charge in [0.2, 0.25) is 0 Å². The highest BCUT2D eigenvalue weighted by Gasteiger charge is 2.28. The minimum atomic E-state index is -0.0158. The summed E-state index contributed by atoms with van der Waals surface area (Å²) in [4.78, 5) is 36.6. The molecule has 0 aliphatic carbocycles. The first-order chi connectivity index (χ1) is 13.5. The van der Waals surface area contributed by atoms with Gasteiger partial charge in [0.25, 0.3) is 5.91 Å². The van der Waals surface area contributed by atoms with Crippen molar-refractivity contribution < 1.29 is 4.79 Å². The molecular weight excluding hydrogens is 354 g/mol. The highest BCUT2D eigenvalue weighted by atomic mass is 16.2. The van der Waals surface area contributed by atoms with Gasteiger partial charge < -0.3 is 9.47 Å². The second-order valence-electron chi connectivity index (χ2n) is 7.20. The lowest BCUT2D eigenvalue weighted by atomic mass is 9.93. The van der Waals surface area contributed by atoms with E-state index in [0.29, 0.717) is 23.6 Å². The van der Waals surface area contributed by atoms with Crippen LogP contribution >= 0.6 is 0 Å². The fraction of sp³-hybridized carbons (Fsp3) is 0.400. The van der Waals surface area contributed by atoms with E-state index in [1.165, 1.54) is 6.33 Å². The van der Waals surface area contributed by atoms with Gasteiger partial charge in [-0.1, -0.05) is 0 Å². The Hall–Kier alpha value is -3.16. The van der Waals surface area contributed by atoms with Crippen LogP contribution in [-0.2, 0) is 7.05 Å². The summed E-state index contributed by atoms with van der Waals surface area (Å²) < 4.78 is 1.94. The molecule has 0 N–H and O–H groups in total. The quantitative estimate of drug-likeness (QED) is 0.696. The van der Waals surface area contributed by atoms with Crippen LogP contribution in [0.3, 0.4) is 0 Å². The number of carbonyl (C=O) groups excluding carboxylic acids is 1. The van der Waals surface area contributed by atoms with Crippen LogP contribution in [0.25, 0.3) is 11.5 Å². The van der Waals surface area contributed by atoms with Gasteiger partial charge in [0.1, 0.15) is 17.8 Å². The number of hydrogen-bond acceptors (Lipinski definition) is 6. The molecule has 4 heterocycles. The highest BCUT2D eigenvalue weighted by molar-refractivity contribution is 5.95. The monoisotopic (exact) mass is 377 g/mol. The Morgan fingerprint density at radius 1 is 1.21 bits per heavy atom. The smallest absolute Gasteiger partial charge is 0.257 e.